The van der Waals surface area contributed by atoms with Gasteiger partial charge < -0.3 is 5.73 Å². The standard InChI is InChI=1S/C15H21N3O3S/c1-11-9-17-7-3-5-13(17)10-18(11)22(20,21)14-6-2-4-12(8-14)15(16)19/h2,4,6,8,11,13H,3,5,7,9-10H2,1H3,(H2,16,19)/t11-,13-/m1/s1. The SMILES string of the molecule is C[C@@H]1CN2CCC[C@@H]2CN1S(=O)(=O)c1cccc(C(N)=O)c1. The smallest absolute Gasteiger partial charge is 0.248 e. The predicted molar refractivity (Wildman–Crippen MR) is 82.9 cm³/mol. The molecule has 0 spiro atoms. The summed E-state index contributed by atoms with van der Waals surface area (Å²) in [6, 6.07) is 6.21. The van der Waals surface area contributed by atoms with E-state index >= 15 is 0 Å². The number of carbonyl (C=O) groups is 1. The van der Waals surface area contributed by atoms with Gasteiger partial charge in [0.2, 0.25) is 15.9 Å². The molecule has 120 valence electrons. The Morgan fingerprint density at radius 1 is 1.32 bits per heavy atom. The third kappa shape index (κ3) is 2.64. The molecule has 1 aromatic rings. The number of nitrogens with zero attached hydrogens (tertiary/aromatic N) is 2. The molecule has 7 heteroatoms. The van der Waals surface area contributed by atoms with E-state index < -0.39 is 15.9 Å². The normalized spacial score (nSPS) is 26.8. The Kier molecular flexibility index (Phi) is 3.96. The summed E-state index contributed by atoms with van der Waals surface area (Å²) in [6.45, 7) is 4.27. The molecule has 0 unspecified atom stereocenters. The van der Waals surface area contributed by atoms with Crippen LogP contribution in [-0.2, 0) is 10.0 Å². The van der Waals surface area contributed by atoms with Gasteiger partial charge in [0, 0.05) is 30.7 Å². The molecule has 1 aromatic carbocycles. The number of hydrogen-bond acceptors (Lipinski definition) is 4. The Balaban J connectivity index is 1.92. The number of primary amides is 1. The molecule has 0 bridgehead atoms. The van der Waals surface area contributed by atoms with E-state index in [0.29, 0.717) is 12.6 Å². The van der Waals surface area contributed by atoms with Crippen LogP contribution >= 0.6 is 0 Å². The monoisotopic (exact) mass is 323 g/mol. The largest absolute Gasteiger partial charge is 0.366 e. The van der Waals surface area contributed by atoms with Crippen molar-refractivity contribution in [3.8, 4) is 0 Å². The zero-order chi connectivity index (χ0) is 15.9. The second-order valence-electron chi connectivity index (χ2n) is 6.11. The Morgan fingerprint density at radius 2 is 2.09 bits per heavy atom. The highest BCUT2D eigenvalue weighted by Gasteiger charge is 2.40. The maximum atomic E-state index is 12.9. The van der Waals surface area contributed by atoms with E-state index in [1.54, 1.807) is 10.4 Å². The van der Waals surface area contributed by atoms with Gasteiger partial charge in [0.05, 0.1) is 4.90 Å². The first-order valence-corrected chi connectivity index (χ1v) is 8.99. The minimum Gasteiger partial charge on any atom is -0.366 e. The van der Waals surface area contributed by atoms with Crippen LogP contribution in [-0.4, -0.2) is 55.2 Å². The van der Waals surface area contributed by atoms with E-state index in [1.807, 2.05) is 6.92 Å². The van der Waals surface area contributed by atoms with E-state index in [2.05, 4.69) is 4.90 Å². The second-order valence-corrected chi connectivity index (χ2v) is 8.00. The molecule has 6 nitrogen and oxygen atoms in total. The molecule has 22 heavy (non-hydrogen) atoms. The number of hydrogen-bond donors (Lipinski definition) is 1. The van der Waals surface area contributed by atoms with E-state index in [4.69, 9.17) is 5.73 Å². The average molecular weight is 323 g/mol. The molecule has 2 atom stereocenters. The average Bonchev–Trinajstić information content (AvgIpc) is 2.93. The lowest BCUT2D eigenvalue weighted by Gasteiger charge is -2.41. The zero-order valence-corrected chi connectivity index (χ0v) is 13.4. The summed E-state index contributed by atoms with van der Waals surface area (Å²) in [5, 5.41) is 0. The fourth-order valence-corrected chi connectivity index (χ4v) is 5.15. The number of benzene rings is 1. The Hall–Kier alpha value is -1.44. The van der Waals surface area contributed by atoms with E-state index in [-0.39, 0.29) is 16.5 Å². The van der Waals surface area contributed by atoms with Gasteiger partial charge in [-0.05, 0) is 44.5 Å². The molecular formula is C15H21N3O3S. The molecule has 2 saturated heterocycles. The van der Waals surface area contributed by atoms with Gasteiger partial charge in [-0.15, -0.1) is 0 Å². The highest BCUT2D eigenvalue weighted by atomic mass is 32.2. The van der Waals surface area contributed by atoms with Crippen LogP contribution in [0.1, 0.15) is 30.1 Å². The number of piperazine rings is 1. The first-order valence-electron chi connectivity index (χ1n) is 7.55. The van der Waals surface area contributed by atoms with Crippen molar-refractivity contribution in [3.05, 3.63) is 29.8 Å². The van der Waals surface area contributed by atoms with E-state index in [1.165, 1.54) is 18.2 Å². The molecule has 0 saturated carbocycles. The minimum absolute atomic E-state index is 0.0726. The van der Waals surface area contributed by atoms with Gasteiger partial charge in [-0.1, -0.05) is 6.07 Å². The maximum Gasteiger partial charge on any atom is 0.248 e. The molecule has 2 aliphatic rings. The van der Waals surface area contributed by atoms with Gasteiger partial charge in [0.25, 0.3) is 0 Å². The van der Waals surface area contributed by atoms with E-state index in [0.717, 1.165) is 25.9 Å². The maximum absolute atomic E-state index is 12.9. The molecule has 2 N–H and O–H groups in total. The van der Waals surface area contributed by atoms with Crippen LogP contribution in [0.5, 0.6) is 0 Å². The van der Waals surface area contributed by atoms with Crippen molar-refractivity contribution in [1.29, 1.82) is 0 Å². The van der Waals surface area contributed by atoms with Gasteiger partial charge in [0.15, 0.2) is 0 Å². The molecule has 0 aromatic heterocycles. The fourth-order valence-electron chi connectivity index (χ4n) is 3.44. The van der Waals surface area contributed by atoms with Gasteiger partial charge >= 0.3 is 0 Å². The van der Waals surface area contributed by atoms with Crippen molar-refractivity contribution >= 4 is 15.9 Å². The number of fused-ring (bicyclic) bond motifs is 1. The first kappa shape index (κ1) is 15.5. The summed E-state index contributed by atoms with van der Waals surface area (Å²) < 4.78 is 27.4. The van der Waals surface area contributed by atoms with Gasteiger partial charge in [-0.2, -0.15) is 4.31 Å². The van der Waals surface area contributed by atoms with Crippen LogP contribution in [0.2, 0.25) is 0 Å². The lowest BCUT2D eigenvalue weighted by molar-refractivity contribution is 0.1000. The Morgan fingerprint density at radius 3 is 2.82 bits per heavy atom. The summed E-state index contributed by atoms with van der Waals surface area (Å²) in [7, 11) is -3.61. The highest BCUT2D eigenvalue weighted by molar-refractivity contribution is 7.89. The molecule has 2 heterocycles. The van der Waals surface area contributed by atoms with Gasteiger partial charge in [-0.25, -0.2) is 8.42 Å². The predicted octanol–water partition coefficient (Wildman–Crippen LogP) is 0.643. The summed E-state index contributed by atoms with van der Waals surface area (Å²) in [6.07, 6.45) is 2.17. The van der Waals surface area contributed by atoms with Crippen molar-refractivity contribution in [2.45, 2.75) is 36.7 Å². The van der Waals surface area contributed by atoms with Crippen molar-refractivity contribution in [2.75, 3.05) is 19.6 Å². The molecule has 3 rings (SSSR count). The third-order valence-corrected chi connectivity index (χ3v) is 6.58. The number of nitrogens with two attached hydrogens (primary N) is 1. The lowest BCUT2D eigenvalue weighted by atomic mass is 10.1. The molecular weight excluding hydrogens is 302 g/mol. The van der Waals surface area contributed by atoms with E-state index in [9.17, 15) is 13.2 Å². The number of sulfonamides is 1. The summed E-state index contributed by atoms with van der Waals surface area (Å²) in [5.74, 6) is -0.620. The number of amides is 1. The summed E-state index contributed by atoms with van der Waals surface area (Å²) in [4.78, 5) is 13.8. The van der Waals surface area contributed by atoms with Crippen LogP contribution < -0.4 is 5.73 Å². The molecule has 0 aliphatic carbocycles. The summed E-state index contributed by atoms with van der Waals surface area (Å²) >= 11 is 0. The van der Waals surface area contributed by atoms with Gasteiger partial charge in [-0.3, -0.25) is 9.69 Å². The van der Waals surface area contributed by atoms with Crippen LogP contribution in [0.3, 0.4) is 0 Å². The minimum atomic E-state index is -3.61. The number of rotatable bonds is 3. The zero-order valence-electron chi connectivity index (χ0n) is 12.6. The summed E-state index contributed by atoms with van der Waals surface area (Å²) in [5.41, 5.74) is 5.46. The first-order chi connectivity index (χ1) is 10.4. The molecule has 0 radical (unpaired) electrons. The topological polar surface area (TPSA) is 83.7 Å². The van der Waals surface area contributed by atoms with Crippen LogP contribution in [0.4, 0.5) is 0 Å². The molecule has 1 amide bonds. The molecule has 2 fully saturated rings. The van der Waals surface area contributed by atoms with Crippen molar-refractivity contribution in [2.24, 2.45) is 5.73 Å². The van der Waals surface area contributed by atoms with Crippen LogP contribution in [0.15, 0.2) is 29.2 Å². The second kappa shape index (κ2) is 5.64. The Labute approximate surface area is 130 Å². The Bertz CT molecular complexity index is 689. The highest BCUT2D eigenvalue weighted by Crippen LogP contribution is 2.29. The van der Waals surface area contributed by atoms with Crippen molar-refractivity contribution in [3.63, 3.8) is 0 Å². The fraction of sp³-hybridized carbons (Fsp3) is 0.533. The van der Waals surface area contributed by atoms with Crippen LogP contribution in [0.25, 0.3) is 0 Å². The van der Waals surface area contributed by atoms with Crippen LogP contribution in [0, 0.1) is 0 Å². The quantitative estimate of drug-likeness (QED) is 0.885. The van der Waals surface area contributed by atoms with Crippen molar-refractivity contribution < 1.29 is 13.2 Å². The van der Waals surface area contributed by atoms with Crippen molar-refractivity contribution in [1.82, 2.24) is 9.21 Å². The third-order valence-electron chi connectivity index (χ3n) is 4.61. The van der Waals surface area contributed by atoms with Gasteiger partial charge in [0.1, 0.15) is 0 Å². The lowest BCUT2D eigenvalue weighted by Crippen LogP contribution is -2.56. The molecule has 2 aliphatic heterocycles. The number of carbonyl (C=O) groups excluding carboxylic acids is 1.